The molecule has 2 saturated carbocycles. The second-order valence-electron chi connectivity index (χ2n) is 6.91. The number of carboxylic acid groups (broad SMARTS) is 1. The number of hydrogen-bond acceptors (Lipinski definition) is 2. The van der Waals surface area contributed by atoms with E-state index in [9.17, 15) is 4.79 Å². The quantitative estimate of drug-likeness (QED) is 0.750. The number of carbonyl (C=O) groups is 1. The Morgan fingerprint density at radius 3 is 2.30 bits per heavy atom. The van der Waals surface area contributed by atoms with Gasteiger partial charge in [0.25, 0.3) is 0 Å². The van der Waals surface area contributed by atoms with Crippen molar-refractivity contribution in [2.75, 3.05) is 0 Å². The maximum Gasteiger partial charge on any atom is 0.306 e. The average molecular weight is 281 g/mol. The highest BCUT2D eigenvalue weighted by molar-refractivity contribution is 5.70. The van der Waals surface area contributed by atoms with E-state index in [1.165, 1.54) is 44.9 Å². The summed E-state index contributed by atoms with van der Waals surface area (Å²) in [5, 5.41) is 12.9. The molecule has 0 aromatic rings. The highest BCUT2D eigenvalue weighted by Gasteiger charge is 2.27. The van der Waals surface area contributed by atoms with Gasteiger partial charge in [-0.05, 0) is 50.9 Å². The lowest BCUT2D eigenvalue weighted by Crippen LogP contribution is -2.41. The molecule has 2 N–H and O–H groups in total. The van der Waals surface area contributed by atoms with Gasteiger partial charge in [-0.2, -0.15) is 0 Å². The third-order valence-corrected chi connectivity index (χ3v) is 5.33. The van der Waals surface area contributed by atoms with Gasteiger partial charge in [0.1, 0.15) is 0 Å². The summed E-state index contributed by atoms with van der Waals surface area (Å²) in [6, 6.07) is 1.25. The van der Waals surface area contributed by atoms with Gasteiger partial charge in [-0.25, -0.2) is 0 Å². The summed E-state index contributed by atoms with van der Waals surface area (Å²) in [6.07, 6.45) is 13.3. The van der Waals surface area contributed by atoms with Gasteiger partial charge in [0.2, 0.25) is 0 Å². The van der Waals surface area contributed by atoms with Crippen molar-refractivity contribution >= 4 is 5.97 Å². The first-order chi connectivity index (χ1) is 9.69. The monoisotopic (exact) mass is 281 g/mol. The van der Waals surface area contributed by atoms with Crippen LogP contribution in [0.5, 0.6) is 0 Å². The predicted octanol–water partition coefficient (Wildman–Crippen LogP) is 3.97. The van der Waals surface area contributed by atoms with Crippen molar-refractivity contribution in [2.45, 2.75) is 89.6 Å². The molecular weight excluding hydrogens is 250 g/mol. The van der Waals surface area contributed by atoms with Crippen LogP contribution in [0.15, 0.2) is 0 Å². The van der Waals surface area contributed by atoms with Crippen LogP contribution >= 0.6 is 0 Å². The normalized spacial score (nSPS) is 35.5. The van der Waals surface area contributed by atoms with Crippen molar-refractivity contribution in [1.82, 2.24) is 5.32 Å². The molecule has 0 saturated heterocycles. The number of hydrogen-bond donors (Lipinski definition) is 2. The third-order valence-electron chi connectivity index (χ3n) is 5.33. The molecule has 0 aliphatic heterocycles. The van der Waals surface area contributed by atoms with Crippen molar-refractivity contribution in [3.63, 3.8) is 0 Å². The molecule has 116 valence electrons. The Hall–Kier alpha value is -0.570. The molecule has 20 heavy (non-hydrogen) atoms. The fourth-order valence-corrected chi connectivity index (χ4v) is 4.08. The Morgan fingerprint density at radius 2 is 1.65 bits per heavy atom. The molecule has 3 heteroatoms. The predicted molar refractivity (Wildman–Crippen MR) is 81.8 cm³/mol. The zero-order valence-corrected chi connectivity index (χ0v) is 12.9. The summed E-state index contributed by atoms with van der Waals surface area (Å²) in [5.41, 5.74) is 0. The fourth-order valence-electron chi connectivity index (χ4n) is 4.08. The molecule has 2 aliphatic carbocycles. The molecule has 0 spiro atoms. The highest BCUT2D eigenvalue weighted by atomic mass is 16.4. The van der Waals surface area contributed by atoms with Crippen LogP contribution in [0.1, 0.15) is 77.6 Å². The van der Waals surface area contributed by atoms with Gasteiger partial charge in [0.15, 0.2) is 0 Å². The average Bonchev–Trinajstić information content (AvgIpc) is 2.66. The van der Waals surface area contributed by atoms with E-state index in [0.29, 0.717) is 12.1 Å². The fraction of sp³-hybridized carbons (Fsp3) is 0.941. The van der Waals surface area contributed by atoms with Crippen LogP contribution in [0.4, 0.5) is 0 Å². The lowest BCUT2D eigenvalue weighted by atomic mass is 9.85. The zero-order chi connectivity index (χ0) is 14.4. The molecule has 0 aromatic carbocycles. The summed E-state index contributed by atoms with van der Waals surface area (Å²) in [7, 11) is 0. The number of rotatable bonds is 5. The summed E-state index contributed by atoms with van der Waals surface area (Å²) < 4.78 is 0. The van der Waals surface area contributed by atoms with Gasteiger partial charge < -0.3 is 10.4 Å². The Bertz CT molecular complexity index is 297. The van der Waals surface area contributed by atoms with Crippen LogP contribution in [0.3, 0.4) is 0 Å². The lowest BCUT2D eigenvalue weighted by Gasteiger charge is -2.30. The molecule has 2 atom stereocenters. The van der Waals surface area contributed by atoms with E-state index in [1.807, 2.05) is 0 Å². The molecule has 2 unspecified atom stereocenters. The third kappa shape index (κ3) is 4.76. The Kier molecular flexibility index (Phi) is 6.34. The number of nitrogens with one attached hydrogen (secondary N) is 1. The highest BCUT2D eigenvalue weighted by Crippen LogP contribution is 2.29. The van der Waals surface area contributed by atoms with Crippen LogP contribution < -0.4 is 5.32 Å². The molecule has 0 radical (unpaired) electrons. The van der Waals surface area contributed by atoms with Crippen LogP contribution in [-0.2, 0) is 4.79 Å². The van der Waals surface area contributed by atoms with Crippen LogP contribution in [-0.4, -0.2) is 23.2 Å². The van der Waals surface area contributed by atoms with Crippen LogP contribution in [0.2, 0.25) is 0 Å². The SMILES string of the molecule is CCCC1CCCC(NC2CCC(C(=O)O)CC2)CC1. The van der Waals surface area contributed by atoms with E-state index in [4.69, 9.17) is 5.11 Å². The standard InChI is InChI=1S/C17H31NO2/c1-2-4-13-5-3-6-15(10-7-13)18-16-11-8-14(9-12-16)17(19)20/h13-16,18H,2-12H2,1H3,(H,19,20). The molecule has 3 nitrogen and oxygen atoms in total. The minimum atomic E-state index is -0.597. The van der Waals surface area contributed by atoms with E-state index >= 15 is 0 Å². The summed E-state index contributed by atoms with van der Waals surface area (Å²) in [6.45, 7) is 2.29. The van der Waals surface area contributed by atoms with Crippen molar-refractivity contribution in [2.24, 2.45) is 11.8 Å². The minimum Gasteiger partial charge on any atom is -0.481 e. The maximum absolute atomic E-state index is 11.0. The first-order valence-corrected chi connectivity index (χ1v) is 8.68. The van der Waals surface area contributed by atoms with Crippen molar-refractivity contribution in [3.8, 4) is 0 Å². The van der Waals surface area contributed by atoms with E-state index < -0.39 is 5.97 Å². The van der Waals surface area contributed by atoms with Gasteiger partial charge in [-0.1, -0.05) is 32.6 Å². The summed E-state index contributed by atoms with van der Waals surface area (Å²) >= 11 is 0. The lowest BCUT2D eigenvalue weighted by molar-refractivity contribution is -0.142. The van der Waals surface area contributed by atoms with E-state index in [2.05, 4.69) is 12.2 Å². The minimum absolute atomic E-state index is 0.0869. The topological polar surface area (TPSA) is 49.3 Å². The van der Waals surface area contributed by atoms with Crippen molar-refractivity contribution < 1.29 is 9.90 Å². The van der Waals surface area contributed by atoms with Crippen molar-refractivity contribution in [3.05, 3.63) is 0 Å². The van der Waals surface area contributed by atoms with E-state index in [-0.39, 0.29) is 5.92 Å². The second-order valence-corrected chi connectivity index (χ2v) is 6.91. The van der Waals surface area contributed by atoms with E-state index in [0.717, 1.165) is 31.6 Å². The Labute approximate surface area is 123 Å². The van der Waals surface area contributed by atoms with Gasteiger partial charge in [0.05, 0.1) is 5.92 Å². The molecule has 0 heterocycles. The largest absolute Gasteiger partial charge is 0.481 e. The van der Waals surface area contributed by atoms with Gasteiger partial charge in [-0.3, -0.25) is 4.79 Å². The number of carboxylic acids is 1. The van der Waals surface area contributed by atoms with Gasteiger partial charge in [-0.15, -0.1) is 0 Å². The van der Waals surface area contributed by atoms with Gasteiger partial charge in [0, 0.05) is 12.1 Å². The Morgan fingerprint density at radius 1 is 1.00 bits per heavy atom. The summed E-state index contributed by atoms with van der Waals surface area (Å²) in [4.78, 5) is 11.0. The molecule has 0 aromatic heterocycles. The molecular formula is C17H31NO2. The Balaban J connectivity index is 1.70. The van der Waals surface area contributed by atoms with Crippen LogP contribution in [0.25, 0.3) is 0 Å². The number of aliphatic carboxylic acids is 1. The molecule has 0 bridgehead atoms. The molecule has 2 fully saturated rings. The molecule has 2 rings (SSSR count). The smallest absolute Gasteiger partial charge is 0.306 e. The molecule has 0 amide bonds. The first kappa shape index (κ1) is 15.8. The van der Waals surface area contributed by atoms with Crippen LogP contribution in [0, 0.1) is 11.8 Å². The van der Waals surface area contributed by atoms with Crippen molar-refractivity contribution in [1.29, 1.82) is 0 Å². The first-order valence-electron chi connectivity index (χ1n) is 8.68. The zero-order valence-electron chi connectivity index (χ0n) is 12.9. The van der Waals surface area contributed by atoms with E-state index in [1.54, 1.807) is 0 Å². The maximum atomic E-state index is 11.0. The summed E-state index contributed by atoms with van der Waals surface area (Å²) in [5.74, 6) is 0.269. The second kappa shape index (κ2) is 8.02. The van der Waals surface area contributed by atoms with Gasteiger partial charge >= 0.3 is 5.97 Å². The molecule has 2 aliphatic rings.